The second-order valence-electron chi connectivity index (χ2n) is 7.93. The van der Waals surface area contributed by atoms with Crippen molar-refractivity contribution >= 4 is 33.6 Å². The van der Waals surface area contributed by atoms with Crippen molar-refractivity contribution in [2.75, 3.05) is 14.2 Å². The van der Waals surface area contributed by atoms with Crippen LogP contribution in [-0.2, 0) is 24.3 Å². The smallest absolute Gasteiger partial charge is 0.348 e. The van der Waals surface area contributed by atoms with Crippen molar-refractivity contribution in [3.63, 3.8) is 0 Å². The molecule has 2 aromatic heterocycles. The number of thiophene rings is 1. The maximum Gasteiger partial charge on any atom is 0.348 e. The number of benzene rings is 2. The minimum Gasteiger partial charge on any atom is -0.496 e. The normalized spacial score (nSPS) is 11.0. The maximum absolute atomic E-state index is 12.1. The average molecular weight is 495 g/mol. The van der Waals surface area contributed by atoms with E-state index in [1.165, 1.54) is 37.7 Å². The van der Waals surface area contributed by atoms with Crippen molar-refractivity contribution in [1.82, 2.24) is 9.55 Å². The monoisotopic (exact) mass is 494 g/mol. The Balaban J connectivity index is 1.51. The molecular formula is C26H26N2O6S. The predicted molar refractivity (Wildman–Crippen MR) is 133 cm³/mol. The molecule has 0 fully saturated rings. The van der Waals surface area contributed by atoms with Gasteiger partial charge in [-0.3, -0.25) is 0 Å². The summed E-state index contributed by atoms with van der Waals surface area (Å²) < 4.78 is 18.3. The van der Waals surface area contributed by atoms with Crippen LogP contribution in [-0.4, -0.2) is 40.8 Å². The molecule has 0 saturated carbocycles. The third-order valence-electron chi connectivity index (χ3n) is 5.77. The molecule has 0 saturated heterocycles. The number of ether oxygens (including phenoxy) is 3. The summed E-state index contributed by atoms with van der Waals surface area (Å²) >= 11 is 1.41. The molecule has 4 aromatic rings. The summed E-state index contributed by atoms with van der Waals surface area (Å²) in [7, 11) is 2.88. The fraction of sp³-hybridized carbons (Fsp3) is 0.269. The molecule has 35 heavy (non-hydrogen) atoms. The summed E-state index contributed by atoms with van der Waals surface area (Å²) in [4.78, 5) is 29.6. The third-order valence-corrected chi connectivity index (χ3v) is 7.06. The molecule has 1 N–H and O–H groups in total. The van der Waals surface area contributed by atoms with E-state index in [4.69, 9.17) is 24.3 Å². The highest BCUT2D eigenvalue weighted by Crippen LogP contribution is 2.33. The molecule has 9 heteroatoms. The second-order valence-corrected chi connectivity index (χ2v) is 8.93. The number of esters is 1. The summed E-state index contributed by atoms with van der Waals surface area (Å²) in [6, 6.07) is 12.5. The highest BCUT2D eigenvalue weighted by molar-refractivity contribution is 7.20. The minimum absolute atomic E-state index is 0.162. The van der Waals surface area contributed by atoms with Crippen molar-refractivity contribution in [2.24, 2.45) is 0 Å². The zero-order chi connectivity index (χ0) is 25.1. The van der Waals surface area contributed by atoms with Gasteiger partial charge in [0.2, 0.25) is 0 Å². The highest BCUT2D eigenvalue weighted by Gasteiger charge is 2.22. The van der Waals surface area contributed by atoms with E-state index in [1.54, 1.807) is 6.07 Å². The van der Waals surface area contributed by atoms with Gasteiger partial charge in [0.1, 0.15) is 39.2 Å². The number of aryl methyl sites for hydroxylation is 2. The number of carboxylic acids is 1. The number of rotatable bonds is 9. The van der Waals surface area contributed by atoms with Gasteiger partial charge in [-0.15, -0.1) is 11.3 Å². The standard InChI is InChI=1S/C26H26N2O6S/c1-5-21-27-22-15(2)23(26(31)33-4)35-24(22)28(21)13-16-6-10-19(11-7-16)34-14-18-9-8-17(25(29)30)12-20(18)32-3/h6-12H,5,13-14H2,1-4H3,(H,29,30). The van der Waals surface area contributed by atoms with Crippen LogP contribution in [0.15, 0.2) is 42.5 Å². The predicted octanol–water partition coefficient (Wildman–Crippen LogP) is 5.09. The lowest BCUT2D eigenvalue weighted by molar-refractivity contribution is 0.0604. The summed E-state index contributed by atoms with van der Waals surface area (Å²) in [6.07, 6.45) is 0.776. The SMILES string of the molecule is CCc1nc2c(C)c(C(=O)OC)sc2n1Cc1ccc(OCc2ccc(C(=O)O)cc2OC)cc1. The average Bonchev–Trinajstić information content (AvgIpc) is 3.38. The van der Waals surface area contributed by atoms with E-state index in [0.717, 1.165) is 39.3 Å². The van der Waals surface area contributed by atoms with Gasteiger partial charge in [0, 0.05) is 17.5 Å². The van der Waals surface area contributed by atoms with Gasteiger partial charge >= 0.3 is 11.9 Å². The highest BCUT2D eigenvalue weighted by atomic mass is 32.1. The van der Waals surface area contributed by atoms with Crippen LogP contribution in [0.5, 0.6) is 11.5 Å². The number of nitrogens with zero attached hydrogens (tertiary/aromatic N) is 2. The van der Waals surface area contributed by atoms with Crippen LogP contribution in [0.2, 0.25) is 0 Å². The number of aromatic nitrogens is 2. The first-order valence-electron chi connectivity index (χ1n) is 11.0. The summed E-state index contributed by atoms with van der Waals surface area (Å²) in [5.74, 6) is 0.765. The molecule has 0 bridgehead atoms. The second kappa shape index (κ2) is 10.2. The van der Waals surface area contributed by atoms with Crippen LogP contribution in [0.3, 0.4) is 0 Å². The Morgan fingerprint density at radius 1 is 1.11 bits per heavy atom. The summed E-state index contributed by atoms with van der Waals surface area (Å²) in [5, 5.41) is 9.15. The van der Waals surface area contributed by atoms with Gasteiger partial charge < -0.3 is 23.9 Å². The number of fused-ring (bicyclic) bond motifs is 1. The van der Waals surface area contributed by atoms with Gasteiger partial charge in [-0.25, -0.2) is 14.6 Å². The van der Waals surface area contributed by atoms with Crippen LogP contribution in [0.1, 0.15) is 49.5 Å². The van der Waals surface area contributed by atoms with Gasteiger partial charge in [0.25, 0.3) is 0 Å². The first-order chi connectivity index (χ1) is 16.9. The number of hydrogen-bond donors (Lipinski definition) is 1. The zero-order valence-corrected chi connectivity index (χ0v) is 20.8. The zero-order valence-electron chi connectivity index (χ0n) is 20.0. The van der Waals surface area contributed by atoms with Crippen LogP contribution >= 0.6 is 11.3 Å². The number of carbonyl (C=O) groups is 2. The molecule has 2 heterocycles. The fourth-order valence-electron chi connectivity index (χ4n) is 3.86. The van der Waals surface area contributed by atoms with Gasteiger partial charge in [-0.2, -0.15) is 0 Å². The van der Waals surface area contributed by atoms with E-state index >= 15 is 0 Å². The lowest BCUT2D eigenvalue weighted by Crippen LogP contribution is -2.05. The first kappa shape index (κ1) is 24.3. The van der Waals surface area contributed by atoms with Crippen molar-refractivity contribution in [1.29, 1.82) is 0 Å². The van der Waals surface area contributed by atoms with Gasteiger partial charge in [-0.1, -0.05) is 25.1 Å². The lowest BCUT2D eigenvalue weighted by atomic mass is 10.1. The molecule has 8 nitrogen and oxygen atoms in total. The number of carboxylic acid groups (broad SMARTS) is 1. The first-order valence-corrected chi connectivity index (χ1v) is 11.9. The molecule has 0 aliphatic rings. The molecule has 0 aliphatic carbocycles. The van der Waals surface area contributed by atoms with Crippen molar-refractivity contribution in [2.45, 2.75) is 33.4 Å². The Bertz CT molecular complexity index is 1390. The summed E-state index contributed by atoms with van der Waals surface area (Å²) in [5.41, 5.74) is 3.68. The fourth-order valence-corrected chi connectivity index (χ4v) is 5.05. The van der Waals surface area contributed by atoms with Crippen LogP contribution in [0, 0.1) is 6.92 Å². The van der Waals surface area contributed by atoms with E-state index < -0.39 is 5.97 Å². The molecule has 4 rings (SSSR count). The Hall–Kier alpha value is -3.85. The Morgan fingerprint density at radius 2 is 1.86 bits per heavy atom. The Morgan fingerprint density at radius 3 is 2.49 bits per heavy atom. The van der Waals surface area contributed by atoms with Crippen LogP contribution in [0.25, 0.3) is 10.3 Å². The third kappa shape index (κ3) is 4.85. The topological polar surface area (TPSA) is 99.9 Å². The molecule has 0 amide bonds. The minimum atomic E-state index is -1.01. The number of imidazole rings is 1. The van der Waals surface area contributed by atoms with Crippen molar-refractivity contribution in [3.8, 4) is 11.5 Å². The maximum atomic E-state index is 12.1. The summed E-state index contributed by atoms with van der Waals surface area (Å²) in [6.45, 7) is 4.83. The number of carbonyl (C=O) groups excluding carboxylic acids is 1. The number of methoxy groups -OCH3 is 2. The van der Waals surface area contributed by atoms with Crippen LogP contribution < -0.4 is 9.47 Å². The molecule has 182 valence electrons. The molecule has 0 spiro atoms. The largest absolute Gasteiger partial charge is 0.496 e. The Kier molecular flexibility index (Phi) is 7.07. The molecule has 0 unspecified atom stereocenters. The van der Waals surface area contributed by atoms with Crippen LogP contribution in [0.4, 0.5) is 0 Å². The quantitative estimate of drug-likeness (QED) is 0.324. The van der Waals surface area contributed by atoms with Gasteiger partial charge in [0.15, 0.2) is 0 Å². The molecule has 2 aromatic carbocycles. The van der Waals surface area contributed by atoms with E-state index in [9.17, 15) is 9.59 Å². The van der Waals surface area contributed by atoms with E-state index in [2.05, 4.69) is 11.5 Å². The lowest BCUT2D eigenvalue weighted by Gasteiger charge is -2.12. The number of aromatic carboxylic acids is 1. The molecule has 0 radical (unpaired) electrons. The number of hydrogen-bond acceptors (Lipinski definition) is 7. The van der Waals surface area contributed by atoms with Gasteiger partial charge in [-0.05, 0) is 36.8 Å². The Labute approximate surface area is 206 Å². The van der Waals surface area contributed by atoms with Crippen molar-refractivity contribution in [3.05, 3.63) is 75.4 Å². The molecular weight excluding hydrogens is 468 g/mol. The van der Waals surface area contributed by atoms with E-state index in [1.807, 2.05) is 31.2 Å². The van der Waals surface area contributed by atoms with E-state index in [-0.39, 0.29) is 18.1 Å². The van der Waals surface area contributed by atoms with Crippen molar-refractivity contribution < 1.29 is 28.9 Å². The molecule has 0 aliphatic heterocycles. The van der Waals surface area contributed by atoms with E-state index in [0.29, 0.717) is 22.9 Å². The van der Waals surface area contributed by atoms with Gasteiger partial charge in [0.05, 0.1) is 26.3 Å². The molecule has 0 atom stereocenters.